The van der Waals surface area contributed by atoms with Gasteiger partial charge < -0.3 is 4.42 Å². The standard InChI is InChI=1S/C50H30N4O/c1-3-14-32(15-4-1)48-52-49(33-16-5-2-6-17-33)54-50(53-48)34-28-26-31(27-29-34)46-45-40-22-11-12-25-43(40)55-47(45)44-39(23-13-24-42(44)51-46)41-30-35-18-7-8-19-36(35)37-20-9-10-21-38(37)41/h1-30H. The van der Waals surface area contributed by atoms with Crippen molar-refractivity contribution in [2.24, 2.45) is 0 Å². The van der Waals surface area contributed by atoms with Gasteiger partial charge in [-0.2, -0.15) is 0 Å². The number of benzene rings is 8. The number of rotatable bonds is 5. The third-order valence-electron chi connectivity index (χ3n) is 10.5. The molecule has 0 saturated heterocycles. The summed E-state index contributed by atoms with van der Waals surface area (Å²) < 4.78 is 6.83. The highest BCUT2D eigenvalue weighted by molar-refractivity contribution is 6.24. The lowest BCUT2D eigenvalue weighted by atomic mass is 9.90. The van der Waals surface area contributed by atoms with Gasteiger partial charge >= 0.3 is 0 Å². The molecule has 0 N–H and O–H groups in total. The van der Waals surface area contributed by atoms with Gasteiger partial charge in [-0.15, -0.1) is 0 Å². The second kappa shape index (κ2) is 12.6. The highest BCUT2D eigenvalue weighted by Crippen LogP contribution is 2.45. The Morgan fingerprint density at radius 3 is 1.58 bits per heavy atom. The van der Waals surface area contributed by atoms with Crippen LogP contribution in [0.15, 0.2) is 186 Å². The molecule has 0 fully saturated rings. The molecule has 0 bridgehead atoms. The first-order valence-corrected chi connectivity index (χ1v) is 18.4. The van der Waals surface area contributed by atoms with Crippen molar-refractivity contribution in [2.45, 2.75) is 0 Å². The zero-order valence-corrected chi connectivity index (χ0v) is 29.5. The highest BCUT2D eigenvalue weighted by atomic mass is 16.3. The fourth-order valence-electron chi connectivity index (χ4n) is 7.93. The molecule has 3 aromatic heterocycles. The molecule has 5 heteroatoms. The number of pyridine rings is 1. The van der Waals surface area contributed by atoms with E-state index in [2.05, 4.69) is 109 Å². The summed E-state index contributed by atoms with van der Waals surface area (Å²) in [5.41, 5.74) is 9.38. The summed E-state index contributed by atoms with van der Waals surface area (Å²) in [5.74, 6) is 1.87. The fraction of sp³-hybridized carbons (Fsp3) is 0. The zero-order chi connectivity index (χ0) is 36.3. The molecule has 0 amide bonds. The smallest absolute Gasteiger partial charge is 0.164 e. The van der Waals surface area contributed by atoms with E-state index < -0.39 is 0 Å². The van der Waals surface area contributed by atoms with Crippen molar-refractivity contribution in [2.75, 3.05) is 0 Å². The maximum Gasteiger partial charge on any atom is 0.164 e. The molecule has 0 atom stereocenters. The van der Waals surface area contributed by atoms with Gasteiger partial charge in [-0.3, -0.25) is 0 Å². The van der Waals surface area contributed by atoms with Gasteiger partial charge in [-0.05, 0) is 50.9 Å². The number of furan rings is 1. The number of fused-ring (bicyclic) bond motifs is 8. The van der Waals surface area contributed by atoms with Gasteiger partial charge in [-0.25, -0.2) is 19.9 Å². The van der Waals surface area contributed by atoms with E-state index in [-0.39, 0.29) is 0 Å². The zero-order valence-electron chi connectivity index (χ0n) is 29.5. The third kappa shape index (κ3) is 5.17. The number of nitrogens with zero attached hydrogens (tertiary/aromatic N) is 4. The van der Waals surface area contributed by atoms with Crippen molar-refractivity contribution in [3.05, 3.63) is 182 Å². The van der Waals surface area contributed by atoms with E-state index in [4.69, 9.17) is 24.4 Å². The average Bonchev–Trinajstić information content (AvgIpc) is 3.66. The fourth-order valence-corrected chi connectivity index (χ4v) is 7.93. The summed E-state index contributed by atoms with van der Waals surface area (Å²) in [5, 5.41) is 7.88. The van der Waals surface area contributed by atoms with Crippen LogP contribution in [-0.2, 0) is 0 Å². The third-order valence-corrected chi connectivity index (χ3v) is 10.5. The Labute approximate surface area is 316 Å². The second-order valence-corrected chi connectivity index (χ2v) is 13.8. The molecule has 11 rings (SSSR count). The summed E-state index contributed by atoms with van der Waals surface area (Å²) in [7, 11) is 0. The predicted molar refractivity (Wildman–Crippen MR) is 225 cm³/mol. The SMILES string of the molecule is c1ccc(-c2nc(-c3ccccc3)nc(-c3ccc(-c4nc5cccc(-c6cc7ccccc7c7ccccc67)c5c5oc6ccccc6c45)cc3)n2)cc1. The minimum Gasteiger partial charge on any atom is -0.455 e. The average molecular weight is 703 g/mol. The summed E-state index contributed by atoms with van der Waals surface area (Å²) in [6, 6.07) is 62.7. The molecule has 0 spiro atoms. The van der Waals surface area contributed by atoms with Crippen LogP contribution >= 0.6 is 0 Å². The van der Waals surface area contributed by atoms with E-state index in [0.717, 1.165) is 71.9 Å². The van der Waals surface area contributed by atoms with Gasteiger partial charge in [-0.1, -0.05) is 164 Å². The Morgan fingerprint density at radius 1 is 0.345 bits per heavy atom. The van der Waals surface area contributed by atoms with Crippen molar-refractivity contribution in [1.29, 1.82) is 0 Å². The van der Waals surface area contributed by atoms with E-state index >= 15 is 0 Å². The summed E-state index contributed by atoms with van der Waals surface area (Å²) in [6.45, 7) is 0. The van der Waals surface area contributed by atoms with Crippen LogP contribution in [0.1, 0.15) is 0 Å². The van der Waals surface area contributed by atoms with Gasteiger partial charge in [0.2, 0.25) is 0 Å². The predicted octanol–water partition coefficient (Wildman–Crippen LogP) is 13.0. The van der Waals surface area contributed by atoms with E-state index in [1.54, 1.807) is 0 Å². The minimum absolute atomic E-state index is 0.608. The van der Waals surface area contributed by atoms with Gasteiger partial charge in [0.25, 0.3) is 0 Å². The molecule has 55 heavy (non-hydrogen) atoms. The Kier molecular flexibility index (Phi) is 7.10. The van der Waals surface area contributed by atoms with Crippen molar-refractivity contribution in [1.82, 2.24) is 19.9 Å². The first-order valence-electron chi connectivity index (χ1n) is 18.4. The van der Waals surface area contributed by atoms with E-state index in [1.165, 1.54) is 21.5 Å². The van der Waals surface area contributed by atoms with Crippen LogP contribution in [0, 0.1) is 0 Å². The van der Waals surface area contributed by atoms with Crippen LogP contribution in [0.3, 0.4) is 0 Å². The number of hydrogen-bond donors (Lipinski definition) is 0. The van der Waals surface area contributed by atoms with Crippen LogP contribution < -0.4 is 0 Å². The van der Waals surface area contributed by atoms with E-state index in [1.807, 2.05) is 72.8 Å². The summed E-state index contributed by atoms with van der Waals surface area (Å²) in [4.78, 5) is 20.2. The largest absolute Gasteiger partial charge is 0.455 e. The molecule has 11 aromatic rings. The number of hydrogen-bond acceptors (Lipinski definition) is 5. The summed E-state index contributed by atoms with van der Waals surface area (Å²) in [6.07, 6.45) is 0. The Morgan fingerprint density at radius 2 is 0.891 bits per heavy atom. The van der Waals surface area contributed by atoms with Crippen LogP contribution in [-0.4, -0.2) is 19.9 Å². The molecular weight excluding hydrogens is 673 g/mol. The van der Waals surface area contributed by atoms with Gasteiger partial charge in [0, 0.05) is 27.6 Å². The van der Waals surface area contributed by atoms with Gasteiger partial charge in [0.1, 0.15) is 11.2 Å². The van der Waals surface area contributed by atoms with Crippen LogP contribution in [0.5, 0.6) is 0 Å². The number of para-hydroxylation sites is 1. The Balaban J connectivity index is 1.11. The molecule has 8 aromatic carbocycles. The second-order valence-electron chi connectivity index (χ2n) is 13.8. The lowest BCUT2D eigenvalue weighted by molar-refractivity contribution is 0.672. The van der Waals surface area contributed by atoms with Crippen LogP contribution in [0.2, 0.25) is 0 Å². The first kappa shape index (κ1) is 31.1. The highest BCUT2D eigenvalue weighted by Gasteiger charge is 2.22. The maximum atomic E-state index is 6.83. The molecular formula is C50H30N4O. The summed E-state index contributed by atoms with van der Waals surface area (Å²) >= 11 is 0. The molecule has 0 aliphatic heterocycles. The molecule has 5 nitrogen and oxygen atoms in total. The number of aromatic nitrogens is 4. The lowest BCUT2D eigenvalue weighted by Gasteiger charge is -2.14. The maximum absolute atomic E-state index is 6.83. The molecule has 0 radical (unpaired) electrons. The van der Waals surface area contributed by atoms with Crippen LogP contribution in [0.25, 0.3) is 111 Å². The van der Waals surface area contributed by atoms with Gasteiger partial charge in [0.15, 0.2) is 17.5 Å². The van der Waals surface area contributed by atoms with Gasteiger partial charge in [0.05, 0.1) is 22.0 Å². The normalized spacial score (nSPS) is 11.6. The molecule has 3 heterocycles. The topological polar surface area (TPSA) is 64.7 Å². The lowest BCUT2D eigenvalue weighted by Crippen LogP contribution is -2.00. The molecule has 256 valence electrons. The first-order chi connectivity index (χ1) is 27.3. The Bertz CT molecular complexity index is 3190. The van der Waals surface area contributed by atoms with Crippen molar-refractivity contribution >= 4 is 54.4 Å². The Hall–Kier alpha value is -7.50. The molecule has 0 saturated carbocycles. The quantitative estimate of drug-likeness (QED) is 0.167. The molecule has 0 aliphatic carbocycles. The van der Waals surface area contributed by atoms with Crippen molar-refractivity contribution in [3.63, 3.8) is 0 Å². The molecule has 0 aliphatic rings. The van der Waals surface area contributed by atoms with Crippen LogP contribution in [0.4, 0.5) is 0 Å². The van der Waals surface area contributed by atoms with Crippen molar-refractivity contribution < 1.29 is 4.42 Å². The van der Waals surface area contributed by atoms with E-state index in [9.17, 15) is 0 Å². The van der Waals surface area contributed by atoms with Crippen molar-refractivity contribution in [3.8, 4) is 56.5 Å². The molecule has 0 unspecified atom stereocenters. The monoisotopic (exact) mass is 702 g/mol. The minimum atomic E-state index is 0.608. The van der Waals surface area contributed by atoms with E-state index in [0.29, 0.717) is 17.5 Å².